The van der Waals surface area contributed by atoms with E-state index in [2.05, 4.69) is 53.7 Å². The summed E-state index contributed by atoms with van der Waals surface area (Å²) in [5.74, 6) is 1.77. The van der Waals surface area contributed by atoms with Crippen molar-refractivity contribution in [3.8, 4) is 0 Å². The molecule has 1 N–H and O–H groups in total. The fourth-order valence-corrected chi connectivity index (χ4v) is 2.61. The molecule has 1 unspecified atom stereocenters. The quantitative estimate of drug-likeness (QED) is 0.871. The van der Waals surface area contributed by atoms with E-state index in [1.807, 2.05) is 6.20 Å². The smallest absolute Gasteiger partial charge is 0.202 e. The predicted molar refractivity (Wildman–Crippen MR) is 75.8 cm³/mol. The molecular formula is C14H26N4. The second-order valence-corrected chi connectivity index (χ2v) is 5.95. The van der Waals surface area contributed by atoms with Crippen molar-refractivity contribution in [2.24, 2.45) is 5.92 Å². The summed E-state index contributed by atoms with van der Waals surface area (Å²) in [5, 5.41) is 3.40. The Kier molecular flexibility index (Phi) is 4.27. The molecule has 1 aliphatic rings. The minimum Gasteiger partial charge on any atom is -0.353 e. The molecule has 1 atom stereocenters. The first-order chi connectivity index (χ1) is 8.56. The van der Waals surface area contributed by atoms with Crippen molar-refractivity contribution in [1.82, 2.24) is 14.5 Å². The number of hydrogen-bond acceptors (Lipinski definition) is 3. The Balaban J connectivity index is 1.92. The molecule has 0 bridgehead atoms. The lowest BCUT2D eigenvalue weighted by Crippen LogP contribution is -2.29. The van der Waals surface area contributed by atoms with Crippen molar-refractivity contribution in [3.05, 3.63) is 12.4 Å². The van der Waals surface area contributed by atoms with Crippen LogP contribution in [0, 0.1) is 5.92 Å². The number of hydrogen-bond donors (Lipinski definition) is 1. The van der Waals surface area contributed by atoms with Gasteiger partial charge in [-0.15, -0.1) is 0 Å². The highest BCUT2D eigenvalue weighted by Gasteiger charge is 2.24. The molecule has 1 aliphatic heterocycles. The molecule has 1 fully saturated rings. The normalized spacial score (nSPS) is 21.1. The largest absolute Gasteiger partial charge is 0.353 e. The number of aromatic nitrogens is 2. The maximum absolute atomic E-state index is 4.39. The van der Waals surface area contributed by atoms with Gasteiger partial charge in [-0.3, -0.25) is 0 Å². The molecule has 0 radical (unpaired) electrons. The van der Waals surface area contributed by atoms with E-state index >= 15 is 0 Å². The highest BCUT2D eigenvalue weighted by molar-refractivity contribution is 5.26. The highest BCUT2D eigenvalue weighted by Crippen LogP contribution is 2.21. The van der Waals surface area contributed by atoms with Crippen molar-refractivity contribution in [2.45, 2.75) is 52.7 Å². The predicted octanol–water partition coefficient (Wildman–Crippen LogP) is 2.43. The van der Waals surface area contributed by atoms with Crippen LogP contribution in [0.1, 0.15) is 34.1 Å². The Hall–Kier alpha value is -1.03. The van der Waals surface area contributed by atoms with Gasteiger partial charge in [0.1, 0.15) is 0 Å². The van der Waals surface area contributed by atoms with Crippen molar-refractivity contribution in [2.75, 3.05) is 18.4 Å². The van der Waals surface area contributed by atoms with Crippen LogP contribution in [0.15, 0.2) is 12.4 Å². The second-order valence-electron chi connectivity index (χ2n) is 5.95. The first kappa shape index (κ1) is 13.4. The van der Waals surface area contributed by atoms with Gasteiger partial charge < -0.3 is 14.8 Å². The average Bonchev–Trinajstić information content (AvgIpc) is 2.89. The van der Waals surface area contributed by atoms with E-state index in [1.54, 1.807) is 0 Å². The molecule has 1 saturated heterocycles. The van der Waals surface area contributed by atoms with Gasteiger partial charge in [-0.1, -0.05) is 0 Å². The molecule has 0 saturated carbocycles. The standard InChI is InChI=1S/C14H26N4/c1-11(2)16-14-15-6-8-18(14)10-13-5-7-17(9-13)12(3)4/h6,8,11-13H,5,7,9-10H2,1-4H3,(H,15,16). The zero-order chi connectivity index (χ0) is 13.1. The zero-order valence-electron chi connectivity index (χ0n) is 12.1. The molecule has 4 nitrogen and oxygen atoms in total. The summed E-state index contributed by atoms with van der Waals surface area (Å²) in [6.07, 6.45) is 5.28. The number of anilines is 1. The minimum atomic E-state index is 0.432. The molecule has 0 aromatic carbocycles. The van der Waals surface area contributed by atoms with Gasteiger partial charge in [-0.25, -0.2) is 4.98 Å². The number of nitrogens with zero attached hydrogens (tertiary/aromatic N) is 3. The third kappa shape index (κ3) is 3.25. The van der Waals surface area contributed by atoms with Crippen LogP contribution in [0.2, 0.25) is 0 Å². The minimum absolute atomic E-state index is 0.432. The lowest BCUT2D eigenvalue weighted by Gasteiger charge is -2.20. The molecular weight excluding hydrogens is 224 g/mol. The summed E-state index contributed by atoms with van der Waals surface area (Å²) in [7, 11) is 0. The van der Waals surface area contributed by atoms with Crippen molar-refractivity contribution in [1.29, 1.82) is 0 Å². The number of nitrogens with one attached hydrogen (secondary N) is 1. The Morgan fingerprint density at radius 1 is 1.39 bits per heavy atom. The molecule has 0 aliphatic carbocycles. The summed E-state index contributed by atoms with van der Waals surface area (Å²) in [6.45, 7) is 12.4. The molecule has 0 amide bonds. The van der Waals surface area contributed by atoms with Gasteiger partial charge in [-0.2, -0.15) is 0 Å². The van der Waals surface area contributed by atoms with Crippen molar-refractivity contribution < 1.29 is 0 Å². The molecule has 2 heterocycles. The van der Waals surface area contributed by atoms with Crippen LogP contribution in [0.25, 0.3) is 0 Å². The zero-order valence-corrected chi connectivity index (χ0v) is 12.1. The Morgan fingerprint density at radius 3 is 2.78 bits per heavy atom. The van der Waals surface area contributed by atoms with Gasteiger partial charge in [0.25, 0.3) is 0 Å². The van der Waals surface area contributed by atoms with Gasteiger partial charge in [0.05, 0.1) is 0 Å². The highest BCUT2D eigenvalue weighted by atomic mass is 15.2. The van der Waals surface area contributed by atoms with Crippen LogP contribution >= 0.6 is 0 Å². The van der Waals surface area contributed by atoms with Gasteiger partial charge in [0, 0.05) is 37.6 Å². The van der Waals surface area contributed by atoms with E-state index in [0.29, 0.717) is 12.1 Å². The van der Waals surface area contributed by atoms with E-state index in [9.17, 15) is 0 Å². The Bertz CT molecular complexity index is 370. The van der Waals surface area contributed by atoms with Crippen LogP contribution < -0.4 is 5.32 Å². The van der Waals surface area contributed by atoms with Crippen LogP contribution in [0.3, 0.4) is 0 Å². The van der Waals surface area contributed by atoms with Crippen molar-refractivity contribution >= 4 is 5.95 Å². The molecule has 1 aromatic rings. The maximum atomic E-state index is 4.39. The number of rotatable bonds is 5. The molecule has 0 spiro atoms. The summed E-state index contributed by atoms with van der Waals surface area (Å²) in [6, 6.07) is 1.10. The molecule has 4 heteroatoms. The van der Waals surface area contributed by atoms with E-state index in [0.717, 1.165) is 18.4 Å². The van der Waals surface area contributed by atoms with Gasteiger partial charge in [-0.05, 0) is 46.6 Å². The molecule has 102 valence electrons. The average molecular weight is 250 g/mol. The van der Waals surface area contributed by atoms with E-state index < -0.39 is 0 Å². The van der Waals surface area contributed by atoms with Gasteiger partial charge in [0.15, 0.2) is 0 Å². The Labute approximate surface area is 110 Å². The van der Waals surface area contributed by atoms with Crippen LogP contribution in [0.5, 0.6) is 0 Å². The number of likely N-dealkylation sites (tertiary alicyclic amines) is 1. The number of imidazole rings is 1. The maximum Gasteiger partial charge on any atom is 0.202 e. The lowest BCUT2D eigenvalue weighted by atomic mass is 10.1. The third-order valence-corrected chi connectivity index (χ3v) is 3.64. The molecule has 18 heavy (non-hydrogen) atoms. The summed E-state index contributed by atoms with van der Waals surface area (Å²) in [5.41, 5.74) is 0. The summed E-state index contributed by atoms with van der Waals surface area (Å²) in [4.78, 5) is 6.96. The summed E-state index contributed by atoms with van der Waals surface area (Å²) < 4.78 is 2.26. The fourth-order valence-electron chi connectivity index (χ4n) is 2.61. The van der Waals surface area contributed by atoms with Crippen LogP contribution in [-0.4, -0.2) is 39.6 Å². The molecule has 1 aromatic heterocycles. The second kappa shape index (κ2) is 5.74. The molecule has 2 rings (SSSR count). The van der Waals surface area contributed by atoms with E-state index in [-0.39, 0.29) is 0 Å². The van der Waals surface area contributed by atoms with E-state index in [1.165, 1.54) is 19.5 Å². The topological polar surface area (TPSA) is 33.1 Å². The monoisotopic (exact) mass is 250 g/mol. The van der Waals surface area contributed by atoms with E-state index in [4.69, 9.17) is 0 Å². The summed E-state index contributed by atoms with van der Waals surface area (Å²) >= 11 is 0. The van der Waals surface area contributed by atoms with Crippen molar-refractivity contribution in [3.63, 3.8) is 0 Å². The van der Waals surface area contributed by atoms with Gasteiger partial charge in [0.2, 0.25) is 5.95 Å². The SMILES string of the molecule is CC(C)Nc1nccn1CC1CCN(C(C)C)C1. The van der Waals surface area contributed by atoms with Crippen LogP contribution in [0.4, 0.5) is 5.95 Å². The van der Waals surface area contributed by atoms with Gasteiger partial charge >= 0.3 is 0 Å². The first-order valence-corrected chi connectivity index (χ1v) is 7.08. The third-order valence-electron chi connectivity index (χ3n) is 3.64. The fraction of sp³-hybridized carbons (Fsp3) is 0.786. The van der Waals surface area contributed by atoms with Crippen LogP contribution in [-0.2, 0) is 6.54 Å². The first-order valence-electron chi connectivity index (χ1n) is 7.08. The Morgan fingerprint density at radius 2 is 2.17 bits per heavy atom. The lowest BCUT2D eigenvalue weighted by molar-refractivity contribution is 0.261.